The summed E-state index contributed by atoms with van der Waals surface area (Å²) in [4.78, 5) is 22.9. The molecule has 0 radical (unpaired) electrons. The highest BCUT2D eigenvalue weighted by atomic mass is 35.5. The van der Waals surface area contributed by atoms with Crippen LogP contribution in [-0.2, 0) is 18.8 Å². The molecule has 1 saturated heterocycles. The third-order valence-electron chi connectivity index (χ3n) is 6.58. The Bertz CT molecular complexity index is 1630. The number of rotatable bonds is 4. The van der Waals surface area contributed by atoms with Crippen LogP contribution in [0.25, 0.3) is 44.7 Å². The molecule has 11 heteroatoms. The maximum absolute atomic E-state index is 13.6. The number of halogens is 1. The van der Waals surface area contributed by atoms with Crippen molar-refractivity contribution in [1.29, 1.82) is 0 Å². The molecule has 180 valence electrons. The zero-order valence-electron chi connectivity index (χ0n) is 19.6. The summed E-state index contributed by atoms with van der Waals surface area (Å²) < 4.78 is 17.3. The summed E-state index contributed by atoms with van der Waals surface area (Å²) in [6, 6.07) is 1.66. The number of ether oxygens (including phenoxy) is 1. The molecule has 1 unspecified atom stereocenters. The summed E-state index contributed by atoms with van der Waals surface area (Å²) in [6.45, 7) is 2.67. The van der Waals surface area contributed by atoms with Gasteiger partial charge in [-0.3, -0.25) is 13.9 Å². The molecule has 1 fully saturated rings. The van der Waals surface area contributed by atoms with Crippen molar-refractivity contribution in [2.45, 2.75) is 38.3 Å². The van der Waals surface area contributed by atoms with Crippen molar-refractivity contribution >= 4 is 33.8 Å². The van der Waals surface area contributed by atoms with Gasteiger partial charge >= 0.3 is 5.69 Å². The number of hydrogen-bond acceptors (Lipinski definition) is 7. The van der Waals surface area contributed by atoms with Crippen LogP contribution in [-0.4, -0.2) is 46.8 Å². The van der Waals surface area contributed by atoms with Crippen LogP contribution in [0.5, 0.6) is 0 Å². The first-order valence-corrected chi connectivity index (χ1v) is 12.0. The summed E-state index contributed by atoms with van der Waals surface area (Å²) in [5.41, 5.74) is 4.29. The molecule has 0 amide bonds. The zero-order chi connectivity index (χ0) is 24.3. The number of aryl methyl sites for hydroxylation is 2. The highest BCUT2D eigenvalue weighted by molar-refractivity contribution is 6.33. The first-order chi connectivity index (χ1) is 16.9. The number of fused-ring (bicyclic) bond motifs is 3. The van der Waals surface area contributed by atoms with Gasteiger partial charge in [-0.05, 0) is 19.3 Å². The van der Waals surface area contributed by atoms with E-state index in [4.69, 9.17) is 25.7 Å². The van der Waals surface area contributed by atoms with Crippen molar-refractivity contribution < 1.29 is 9.15 Å². The summed E-state index contributed by atoms with van der Waals surface area (Å²) in [5, 5.41) is 8.94. The second kappa shape index (κ2) is 8.31. The molecule has 0 N–H and O–H groups in total. The van der Waals surface area contributed by atoms with Gasteiger partial charge < -0.3 is 9.15 Å². The third-order valence-corrected chi connectivity index (χ3v) is 6.87. The predicted molar refractivity (Wildman–Crippen MR) is 131 cm³/mol. The monoisotopic (exact) mass is 493 g/mol. The topological polar surface area (TPSA) is 106 Å². The molecule has 0 bridgehead atoms. The van der Waals surface area contributed by atoms with Crippen LogP contribution in [0.4, 0.5) is 0 Å². The summed E-state index contributed by atoms with van der Waals surface area (Å²) in [5.74, 6) is 0. The molecule has 10 nitrogen and oxygen atoms in total. The van der Waals surface area contributed by atoms with E-state index in [1.165, 1.54) is 0 Å². The Hall–Kier alpha value is -3.50. The summed E-state index contributed by atoms with van der Waals surface area (Å²) in [6.07, 6.45) is 9.42. The average molecular weight is 494 g/mol. The third kappa shape index (κ3) is 3.64. The molecule has 0 aliphatic carbocycles. The Morgan fingerprint density at radius 2 is 1.80 bits per heavy atom. The van der Waals surface area contributed by atoms with Gasteiger partial charge in [-0.2, -0.15) is 15.2 Å². The van der Waals surface area contributed by atoms with Crippen molar-refractivity contribution in [3.63, 3.8) is 0 Å². The first-order valence-electron chi connectivity index (χ1n) is 11.6. The van der Waals surface area contributed by atoms with E-state index in [0.717, 1.165) is 18.4 Å². The molecule has 35 heavy (non-hydrogen) atoms. The number of hydrogen-bond donors (Lipinski definition) is 0. The van der Waals surface area contributed by atoms with Gasteiger partial charge in [0, 0.05) is 56.3 Å². The van der Waals surface area contributed by atoms with E-state index in [-0.39, 0.29) is 17.8 Å². The Kier molecular flexibility index (Phi) is 5.23. The van der Waals surface area contributed by atoms with E-state index < -0.39 is 0 Å². The van der Waals surface area contributed by atoms with Gasteiger partial charge in [-0.1, -0.05) is 18.5 Å². The maximum Gasteiger partial charge on any atom is 0.349 e. The zero-order valence-corrected chi connectivity index (χ0v) is 20.4. The lowest BCUT2D eigenvalue weighted by molar-refractivity contribution is -0.00710. The standard InChI is InChI=1S/C24H24ClN7O3/c1-4-16-7-15(5-6-34-16)32-22-21-18(8-17(25)19(28-21)13-9-26-30(2)11-13)35-23(22)20(29-24(32)33)14-10-27-31(3)12-14/h8-12,15-16H,4-7H2,1-3H3/t15?,16-/m0/s1. The van der Waals surface area contributed by atoms with Gasteiger partial charge in [-0.15, -0.1) is 0 Å². The minimum Gasteiger partial charge on any atom is -0.450 e. The fourth-order valence-electron chi connectivity index (χ4n) is 4.87. The van der Waals surface area contributed by atoms with E-state index in [0.29, 0.717) is 57.2 Å². The largest absolute Gasteiger partial charge is 0.450 e. The molecule has 5 aromatic rings. The number of pyridine rings is 1. The average Bonchev–Trinajstić information content (AvgIpc) is 3.56. The van der Waals surface area contributed by atoms with Gasteiger partial charge in [0.05, 0.1) is 29.2 Å². The number of furan rings is 1. The van der Waals surface area contributed by atoms with Crippen molar-refractivity contribution in [2.24, 2.45) is 14.1 Å². The van der Waals surface area contributed by atoms with Crippen LogP contribution >= 0.6 is 11.6 Å². The second-order valence-electron chi connectivity index (χ2n) is 8.94. The van der Waals surface area contributed by atoms with Gasteiger partial charge in [0.25, 0.3) is 0 Å². The van der Waals surface area contributed by atoms with E-state index in [2.05, 4.69) is 22.1 Å². The molecule has 5 aromatic heterocycles. The minimum atomic E-state index is -0.347. The molecule has 6 rings (SSSR count). The fraction of sp³-hybridized carbons (Fsp3) is 0.375. The number of aromatic nitrogens is 7. The van der Waals surface area contributed by atoms with Gasteiger partial charge in [0.15, 0.2) is 11.2 Å². The SMILES string of the molecule is CC[C@H]1CC(n2c(=O)nc(-c3cnn(C)c3)c3oc4cc(Cl)c(-c5cnn(C)c5)nc4c32)CCO1. The Morgan fingerprint density at radius 1 is 1.09 bits per heavy atom. The van der Waals surface area contributed by atoms with Crippen molar-refractivity contribution in [3.8, 4) is 22.5 Å². The lowest BCUT2D eigenvalue weighted by Gasteiger charge is -2.30. The van der Waals surface area contributed by atoms with Crippen LogP contribution in [0, 0.1) is 0 Å². The minimum absolute atomic E-state index is 0.0835. The normalized spacial score (nSPS) is 18.6. The molecule has 0 saturated carbocycles. The maximum atomic E-state index is 13.6. The number of nitrogens with zero attached hydrogens (tertiary/aromatic N) is 7. The van der Waals surface area contributed by atoms with Gasteiger partial charge in [-0.25, -0.2) is 9.78 Å². The van der Waals surface area contributed by atoms with Gasteiger partial charge in [0.1, 0.15) is 16.7 Å². The van der Waals surface area contributed by atoms with Crippen LogP contribution < -0.4 is 5.69 Å². The molecule has 6 heterocycles. The molecule has 1 aliphatic rings. The quantitative estimate of drug-likeness (QED) is 0.370. The van der Waals surface area contributed by atoms with Crippen molar-refractivity contribution in [3.05, 3.63) is 46.4 Å². The summed E-state index contributed by atoms with van der Waals surface area (Å²) >= 11 is 6.62. The molecule has 1 aliphatic heterocycles. The van der Waals surface area contributed by atoms with E-state index in [9.17, 15) is 4.79 Å². The molecular weight excluding hydrogens is 470 g/mol. The molecule has 2 atom stereocenters. The predicted octanol–water partition coefficient (Wildman–Crippen LogP) is 4.12. The lowest BCUT2D eigenvalue weighted by Crippen LogP contribution is -2.34. The van der Waals surface area contributed by atoms with E-state index >= 15 is 0 Å². The van der Waals surface area contributed by atoms with E-state index in [1.807, 2.05) is 26.5 Å². The highest BCUT2D eigenvalue weighted by Crippen LogP contribution is 2.39. The van der Waals surface area contributed by atoms with Crippen LogP contribution in [0.15, 0.2) is 40.1 Å². The fourth-order valence-corrected chi connectivity index (χ4v) is 5.12. The first kappa shape index (κ1) is 22.0. The van der Waals surface area contributed by atoms with Gasteiger partial charge in [0.2, 0.25) is 0 Å². The molecule has 0 spiro atoms. The van der Waals surface area contributed by atoms with Crippen LogP contribution in [0.2, 0.25) is 5.02 Å². The van der Waals surface area contributed by atoms with Crippen molar-refractivity contribution in [2.75, 3.05) is 6.61 Å². The highest BCUT2D eigenvalue weighted by Gasteiger charge is 2.29. The summed E-state index contributed by atoms with van der Waals surface area (Å²) in [7, 11) is 3.65. The van der Waals surface area contributed by atoms with Crippen molar-refractivity contribution in [1.82, 2.24) is 34.1 Å². The smallest absolute Gasteiger partial charge is 0.349 e. The Morgan fingerprint density at radius 3 is 2.46 bits per heavy atom. The van der Waals surface area contributed by atoms with E-state index in [1.54, 1.807) is 32.4 Å². The Labute approximate surface area is 205 Å². The van der Waals surface area contributed by atoms with Crippen LogP contribution in [0.1, 0.15) is 32.2 Å². The lowest BCUT2D eigenvalue weighted by atomic mass is 10.0. The Balaban J connectivity index is 1.68. The second-order valence-corrected chi connectivity index (χ2v) is 9.35. The molecule has 0 aromatic carbocycles. The van der Waals surface area contributed by atoms with Crippen LogP contribution in [0.3, 0.4) is 0 Å². The molecular formula is C24H24ClN7O3.